The predicted molar refractivity (Wildman–Crippen MR) is 143 cm³/mol. The van der Waals surface area contributed by atoms with E-state index in [9.17, 15) is 0 Å². The van der Waals surface area contributed by atoms with Crippen molar-refractivity contribution < 1.29 is 4.43 Å². The third-order valence-electron chi connectivity index (χ3n) is 5.63. The first-order chi connectivity index (χ1) is 14.8. The van der Waals surface area contributed by atoms with E-state index in [0.29, 0.717) is 6.61 Å². The Morgan fingerprint density at radius 1 is 0.806 bits per heavy atom. The second-order valence-corrected chi connectivity index (χ2v) is 16.0. The first kappa shape index (κ1) is 24.2. The fourth-order valence-corrected chi connectivity index (χ4v) is 9.62. The molecule has 0 N–H and O–H groups in total. The molecule has 4 heteroatoms. The molecule has 3 aromatic carbocycles. The number of hydrogen-bond acceptors (Lipinski definition) is 1. The summed E-state index contributed by atoms with van der Waals surface area (Å²) in [7, 11) is -2.54. The van der Waals surface area contributed by atoms with E-state index in [1.807, 2.05) is 0 Å². The Kier molecular flexibility index (Phi) is 8.51. The average Bonchev–Trinajstić information content (AvgIpc) is 2.75. The van der Waals surface area contributed by atoms with Crippen molar-refractivity contribution in [1.82, 2.24) is 0 Å². The summed E-state index contributed by atoms with van der Waals surface area (Å²) in [5, 5.41) is 2.60. The van der Waals surface area contributed by atoms with E-state index in [0.717, 1.165) is 9.81 Å². The summed E-state index contributed by atoms with van der Waals surface area (Å²) in [6.07, 6.45) is 3.14. The molecule has 1 nitrogen and oxygen atoms in total. The molecule has 0 aromatic heterocycles. The zero-order chi connectivity index (χ0) is 22.3. The van der Waals surface area contributed by atoms with Crippen LogP contribution in [0.25, 0.3) is 0 Å². The summed E-state index contributed by atoms with van der Waals surface area (Å²) in [6, 6.07) is 32.3. The van der Waals surface area contributed by atoms with Gasteiger partial charge in [-0.25, -0.2) is 0 Å². The molecular weight excluding hydrogens is 528 g/mol. The minimum absolute atomic E-state index is 0.0254. The lowest BCUT2D eigenvalue weighted by molar-refractivity contribution is 0.259. The molecular formula is C27H30Br2OSi. The van der Waals surface area contributed by atoms with Gasteiger partial charge >= 0.3 is 0 Å². The molecule has 0 spiro atoms. The zero-order valence-electron chi connectivity index (χ0n) is 18.4. The molecule has 1 atom stereocenters. The predicted octanol–water partition coefficient (Wildman–Crippen LogP) is 7.05. The standard InChI is InChI=1S/C27H30Br2OSi/c1-27(2,3)31(24-15-9-5-10-16-24,25-17-11-6-12-18-25)30-21-23(20-26(28)29)19-22-13-7-4-8-14-22/h4-18,20,23H,19,21H2,1-3H3/t23-/m0/s1. The quantitative estimate of drug-likeness (QED) is 0.269. The van der Waals surface area contributed by atoms with Gasteiger partial charge < -0.3 is 4.43 Å². The third kappa shape index (κ3) is 6.07. The highest BCUT2D eigenvalue weighted by Crippen LogP contribution is 2.37. The molecule has 0 radical (unpaired) electrons. The molecule has 0 bridgehead atoms. The smallest absolute Gasteiger partial charge is 0.261 e. The Morgan fingerprint density at radius 2 is 1.26 bits per heavy atom. The van der Waals surface area contributed by atoms with Crippen LogP contribution in [0.3, 0.4) is 0 Å². The van der Waals surface area contributed by atoms with Crippen LogP contribution >= 0.6 is 31.9 Å². The Bertz CT molecular complexity index is 923. The van der Waals surface area contributed by atoms with Crippen molar-refractivity contribution in [3.63, 3.8) is 0 Å². The maximum absolute atomic E-state index is 7.15. The number of rotatable bonds is 8. The summed E-state index contributed by atoms with van der Waals surface area (Å²) in [4.78, 5) is 0. The summed E-state index contributed by atoms with van der Waals surface area (Å²) in [5.74, 6) is 0.248. The van der Waals surface area contributed by atoms with Gasteiger partial charge in [0.2, 0.25) is 0 Å². The van der Waals surface area contributed by atoms with Crippen LogP contribution in [0.5, 0.6) is 0 Å². The van der Waals surface area contributed by atoms with Gasteiger partial charge in [0.1, 0.15) is 0 Å². The fraction of sp³-hybridized carbons (Fsp3) is 0.259. The Hall–Kier alpha value is -1.46. The third-order valence-corrected chi connectivity index (χ3v) is 11.2. The lowest BCUT2D eigenvalue weighted by Gasteiger charge is -2.43. The van der Waals surface area contributed by atoms with Gasteiger partial charge in [-0.15, -0.1) is 0 Å². The van der Waals surface area contributed by atoms with E-state index in [2.05, 4.69) is 150 Å². The summed E-state index contributed by atoms with van der Waals surface area (Å²) in [6.45, 7) is 7.62. The molecule has 31 heavy (non-hydrogen) atoms. The van der Waals surface area contributed by atoms with E-state index in [-0.39, 0.29) is 11.0 Å². The molecule has 0 fully saturated rings. The number of benzene rings is 3. The van der Waals surface area contributed by atoms with Crippen LogP contribution in [-0.4, -0.2) is 14.9 Å². The molecule has 0 aliphatic heterocycles. The monoisotopic (exact) mass is 556 g/mol. The van der Waals surface area contributed by atoms with E-state index >= 15 is 0 Å². The SMILES string of the molecule is CC(C)(C)[Si](OC[C@H](C=C(Br)Br)Cc1ccccc1)(c1ccccc1)c1ccccc1. The number of halogens is 2. The van der Waals surface area contributed by atoms with E-state index in [1.54, 1.807) is 0 Å². The van der Waals surface area contributed by atoms with Crippen molar-refractivity contribution in [3.05, 3.63) is 106 Å². The van der Waals surface area contributed by atoms with Crippen molar-refractivity contribution in [2.75, 3.05) is 6.61 Å². The highest BCUT2D eigenvalue weighted by molar-refractivity contribution is 9.28. The number of hydrogen-bond donors (Lipinski definition) is 0. The van der Waals surface area contributed by atoms with E-state index in [4.69, 9.17) is 4.43 Å². The average molecular weight is 558 g/mol. The molecule has 0 aliphatic carbocycles. The molecule has 0 saturated heterocycles. The van der Waals surface area contributed by atoms with Crippen molar-refractivity contribution >= 4 is 50.6 Å². The van der Waals surface area contributed by atoms with Crippen LogP contribution in [0.2, 0.25) is 5.04 Å². The second-order valence-electron chi connectivity index (χ2n) is 8.88. The van der Waals surface area contributed by atoms with Gasteiger partial charge in [0.25, 0.3) is 8.32 Å². The molecule has 0 aliphatic rings. The topological polar surface area (TPSA) is 9.23 Å². The fourth-order valence-electron chi connectivity index (χ4n) is 4.25. The molecule has 0 heterocycles. The van der Waals surface area contributed by atoms with Gasteiger partial charge in [0.05, 0.1) is 3.39 Å². The highest BCUT2D eigenvalue weighted by atomic mass is 79.9. The van der Waals surface area contributed by atoms with E-state index < -0.39 is 8.32 Å². The molecule has 0 amide bonds. The second kappa shape index (κ2) is 10.9. The van der Waals surface area contributed by atoms with Crippen molar-refractivity contribution in [3.8, 4) is 0 Å². The summed E-state index contributed by atoms with van der Waals surface area (Å²) >= 11 is 7.14. The molecule has 0 saturated carbocycles. The Labute approximate surface area is 204 Å². The van der Waals surface area contributed by atoms with Gasteiger partial charge in [0, 0.05) is 12.5 Å². The van der Waals surface area contributed by atoms with Crippen molar-refractivity contribution in [2.24, 2.45) is 5.92 Å². The van der Waals surface area contributed by atoms with Crippen LogP contribution in [-0.2, 0) is 10.8 Å². The van der Waals surface area contributed by atoms with Crippen LogP contribution in [0.15, 0.2) is 100 Å². The van der Waals surface area contributed by atoms with Gasteiger partial charge in [-0.1, -0.05) is 118 Å². The van der Waals surface area contributed by atoms with Crippen LogP contribution < -0.4 is 10.4 Å². The minimum atomic E-state index is -2.54. The summed E-state index contributed by atoms with van der Waals surface area (Å²) in [5.41, 5.74) is 1.32. The maximum atomic E-state index is 7.15. The first-order valence-electron chi connectivity index (χ1n) is 10.6. The molecule has 162 valence electrons. The Morgan fingerprint density at radius 3 is 1.68 bits per heavy atom. The van der Waals surface area contributed by atoms with Crippen molar-refractivity contribution in [2.45, 2.75) is 32.2 Å². The maximum Gasteiger partial charge on any atom is 0.261 e. The lowest BCUT2D eigenvalue weighted by Crippen LogP contribution is -2.66. The highest BCUT2D eigenvalue weighted by Gasteiger charge is 2.50. The largest absolute Gasteiger partial charge is 0.407 e. The van der Waals surface area contributed by atoms with Crippen LogP contribution in [0.4, 0.5) is 0 Å². The zero-order valence-corrected chi connectivity index (χ0v) is 22.6. The van der Waals surface area contributed by atoms with Gasteiger partial charge in [-0.3, -0.25) is 0 Å². The minimum Gasteiger partial charge on any atom is -0.407 e. The van der Waals surface area contributed by atoms with Gasteiger partial charge in [-0.2, -0.15) is 0 Å². The first-order valence-corrected chi connectivity index (χ1v) is 14.1. The normalized spacial score (nSPS) is 12.9. The van der Waals surface area contributed by atoms with Crippen molar-refractivity contribution in [1.29, 1.82) is 0 Å². The van der Waals surface area contributed by atoms with Crippen LogP contribution in [0.1, 0.15) is 26.3 Å². The molecule has 3 aromatic rings. The molecule has 0 unspecified atom stereocenters. The van der Waals surface area contributed by atoms with E-state index in [1.165, 1.54) is 15.9 Å². The van der Waals surface area contributed by atoms with Crippen LogP contribution in [0, 0.1) is 5.92 Å². The molecule has 3 rings (SSSR count). The van der Waals surface area contributed by atoms with Gasteiger partial charge in [-0.05, 0) is 59.3 Å². The lowest BCUT2D eigenvalue weighted by atomic mass is 10.0. The van der Waals surface area contributed by atoms with Gasteiger partial charge in [0.15, 0.2) is 0 Å². The Balaban J connectivity index is 2.02. The summed E-state index contributed by atoms with van der Waals surface area (Å²) < 4.78 is 8.12.